The van der Waals surface area contributed by atoms with Gasteiger partial charge in [-0.05, 0) is 111 Å². The molecular formula is C38H51NO11. The molecule has 0 bridgehead atoms. The highest BCUT2D eigenvalue weighted by Crippen LogP contribution is 2.68. The maximum absolute atomic E-state index is 13.5. The number of methoxy groups -OCH3 is 1. The first-order valence-electron chi connectivity index (χ1n) is 17.7. The lowest BCUT2D eigenvalue weighted by atomic mass is 9.45. The number of allylic oxidation sites excluding steroid dienone is 1. The summed E-state index contributed by atoms with van der Waals surface area (Å²) in [6.07, 6.45) is 0.847. The first-order chi connectivity index (χ1) is 23.4. The van der Waals surface area contributed by atoms with Crippen molar-refractivity contribution in [1.82, 2.24) is 0 Å². The van der Waals surface area contributed by atoms with Gasteiger partial charge in [-0.15, -0.1) is 0 Å². The fraction of sp³-hybridized carbons (Fsp3) is 0.658. The number of hydrogen-bond donors (Lipinski definition) is 6. The van der Waals surface area contributed by atoms with Gasteiger partial charge in [0.2, 0.25) is 0 Å². The van der Waals surface area contributed by atoms with E-state index < -0.39 is 63.9 Å². The fourth-order valence-corrected chi connectivity index (χ4v) is 10.0. The Balaban J connectivity index is 1.07. The van der Waals surface area contributed by atoms with E-state index in [1.54, 1.807) is 31.2 Å². The number of ether oxygens (including phenoxy) is 2. The van der Waals surface area contributed by atoms with Crippen LogP contribution in [0.3, 0.4) is 0 Å². The van der Waals surface area contributed by atoms with Crippen LogP contribution in [0.1, 0.15) is 79.1 Å². The van der Waals surface area contributed by atoms with Gasteiger partial charge in [-0.1, -0.05) is 20.8 Å². The summed E-state index contributed by atoms with van der Waals surface area (Å²) in [5, 5.41) is 59.7. The van der Waals surface area contributed by atoms with Gasteiger partial charge in [0, 0.05) is 22.8 Å². The first kappa shape index (κ1) is 36.5. The topological polar surface area (TPSA) is 196 Å². The van der Waals surface area contributed by atoms with Gasteiger partial charge in [-0.3, -0.25) is 10.1 Å². The number of carbonyl (C=O) groups is 2. The predicted molar refractivity (Wildman–Crippen MR) is 183 cm³/mol. The van der Waals surface area contributed by atoms with Crippen LogP contribution in [0, 0.1) is 34.5 Å². The Bertz CT molecular complexity index is 1730. The number of aliphatic hydroxyl groups excluding tert-OH is 3. The molecule has 12 nitrogen and oxygen atoms in total. The van der Waals surface area contributed by atoms with Crippen molar-refractivity contribution in [3.63, 3.8) is 0 Å². The molecule has 12 heteroatoms. The fourth-order valence-electron chi connectivity index (χ4n) is 10.0. The lowest BCUT2D eigenvalue weighted by molar-refractivity contribution is -0.176. The second kappa shape index (κ2) is 13.0. The van der Waals surface area contributed by atoms with Gasteiger partial charge in [0.05, 0.1) is 43.2 Å². The van der Waals surface area contributed by atoms with E-state index in [2.05, 4.69) is 5.32 Å². The van der Waals surface area contributed by atoms with E-state index in [4.69, 9.17) is 13.9 Å². The Morgan fingerprint density at radius 3 is 2.56 bits per heavy atom. The minimum absolute atomic E-state index is 0.00671. The van der Waals surface area contributed by atoms with Gasteiger partial charge in [-0.25, -0.2) is 9.59 Å². The van der Waals surface area contributed by atoms with Gasteiger partial charge in [0.15, 0.2) is 5.78 Å². The van der Waals surface area contributed by atoms with Crippen LogP contribution in [0.5, 0.6) is 5.75 Å². The molecule has 1 amide bonds. The Morgan fingerprint density at radius 1 is 1.10 bits per heavy atom. The molecule has 5 unspecified atom stereocenters. The normalized spacial score (nSPS) is 35.9. The van der Waals surface area contributed by atoms with Crippen LogP contribution in [0.2, 0.25) is 0 Å². The van der Waals surface area contributed by atoms with E-state index in [0.717, 1.165) is 0 Å². The maximum atomic E-state index is 13.5. The molecule has 0 aliphatic heterocycles. The number of amides is 1. The Hall–Kier alpha value is -3.29. The van der Waals surface area contributed by atoms with E-state index in [-0.39, 0.29) is 49.2 Å². The lowest BCUT2D eigenvalue weighted by Gasteiger charge is -2.60. The van der Waals surface area contributed by atoms with Crippen molar-refractivity contribution in [1.29, 1.82) is 0 Å². The van der Waals surface area contributed by atoms with Crippen LogP contribution in [0.25, 0.3) is 11.0 Å². The predicted octanol–water partition coefficient (Wildman–Crippen LogP) is 4.08. The SMILES string of the molecule is COc1ccc2cc(NC(=O)OCC(C)CC[C@@H](O)[C@@](C)(O)C3CC[C@@]4(O)C5=CC(=O)[C@@H]6C[C@@H](O)[C@@H](O)CC6(C)C5CCC34C)c(=O)oc2c1. The molecule has 1 aromatic carbocycles. The van der Waals surface area contributed by atoms with Crippen molar-refractivity contribution < 1.29 is 49.0 Å². The number of ketones is 1. The summed E-state index contributed by atoms with van der Waals surface area (Å²) in [5.74, 6) is -0.830. The molecule has 6 N–H and O–H groups in total. The van der Waals surface area contributed by atoms with Gasteiger partial charge in [0.25, 0.3) is 0 Å². The summed E-state index contributed by atoms with van der Waals surface area (Å²) in [5.41, 5.74) is -4.16. The number of aliphatic hydroxyl groups is 5. The zero-order valence-corrected chi connectivity index (χ0v) is 29.5. The molecule has 6 rings (SSSR count). The first-order valence-corrected chi connectivity index (χ1v) is 17.7. The molecule has 1 heterocycles. The summed E-state index contributed by atoms with van der Waals surface area (Å²) < 4.78 is 15.8. The Morgan fingerprint density at radius 2 is 1.84 bits per heavy atom. The van der Waals surface area contributed by atoms with Gasteiger partial charge >= 0.3 is 11.7 Å². The Labute approximate surface area is 291 Å². The van der Waals surface area contributed by atoms with Crippen molar-refractivity contribution in [3.8, 4) is 5.75 Å². The second-order valence-corrected chi connectivity index (χ2v) is 16.1. The minimum atomic E-state index is -1.56. The maximum Gasteiger partial charge on any atom is 0.411 e. The average Bonchev–Trinajstić information content (AvgIpc) is 3.35. The average molecular weight is 698 g/mol. The van der Waals surface area contributed by atoms with Crippen LogP contribution in [-0.2, 0) is 9.53 Å². The lowest BCUT2D eigenvalue weighted by Crippen LogP contribution is -2.62. The molecule has 0 radical (unpaired) electrons. The number of anilines is 1. The summed E-state index contributed by atoms with van der Waals surface area (Å²) in [6.45, 7) is 7.41. The molecule has 4 aliphatic rings. The van der Waals surface area contributed by atoms with Crippen molar-refractivity contribution in [2.75, 3.05) is 19.0 Å². The number of hydrogen-bond acceptors (Lipinski definition) is 11. The molecule has 274 valence electrons. The monoisotopic (exact) mass is 697 g/mol. The minimum Gasteiger partial charge on any atom is -0.497 e. The van der Waals surface area contributed by atoms with E-state index in [0.29, 0.717) is 54.4 Å². The van der Waals surface area contributed by atoms with E-state index in [1.807, 2.05) is 20.8 Å². The van der Waals surface area contributed by atoms with Crippen LogP contribution in [0.4, 0.5) is 10.5 Å². The number of rotatable bonds is 9. The number of fused-ring (bicyclic) bond motifs is 6. The third-order valence-corrected chi connectivity index (χ3v) is 13.1. The van der Waals surface area contributed by atoms with Crippen LogP contribution in [0.15, 0.2) is 45.1 Å². The highest BCUT2D eigenvalue weighted by Gasteiger charge is 2.69. The number of carbonyl (C=O) groups excluding carboxylic acids is 2. The molecular weight excluding hydrogens is 646 g/mol. The molecule has 3 fully saturated rings. The molecule has 3 saturated carbocycles. The smallest absolute Gasteiger partial charge is 0.411 e. The van der Waals surface area contributed by atoms with Crippen molar-refractivity contribution in [2.45, 2.75) is 109 Å². The van der Waals surface area contributed by atoms with Crippen LogP contribution >= 0.6 is 0 Å². The van der Waals surface area contributed by atoms with Gasteiger partial charge in [-0.2, -0.15) is 0 Å². The second-order valence-electron chi connectivity index (χ2n) is 16.1. The molecule has 11 atom stereocenters. The molecule has 2 aromatic rings. The molecule has 50 heavy (non-hydrogen) atoms. The molecule has 0 spiro atoms. The highest BCUT2D eigenvalue weighted by molar-refractivity contribution is 5.95. The third kappa shape index (κ3) is 5.96. The highest BCUT2D eigenvalue weighted by atomic mass is 16.5. The Kier molecular flexibility index (Phi) is 9.52. The molecule has 4 aliphatic carbocycles. The summed E-state index contributed by atoms with van der Waals surface area (Å²) >= 11 is 0. The van der Waals surface area contributed by atoms with E-state index >= 15 is 0 Å². The standard InChI is InChI=1S/C38H51NO11/c1-20(19-49-34(45)39-26-14-21-7-8-22(48-5)15-30(21)50-33(26)44)6-9-32(43)37(4,46)31-11-13-38(47)24-16-27(40)25-17-28(41)29(42)18-35(25,2)23(24)10-12-36(31,38)3/h7-8,14-16,20,23,25,28-29,31-32,41-43,46-47H,6,9-13,17-19H2,1-5H3,(H,39,45)/t20?,23?,25-,28+,29-,31?,32+,35?,36?,37-,38+/m0/s1. The van der Waals surface area contributed by atoms with Crippen molar-refractivity contribution in [2.24, 2.45) is 34.5 Å². The van der Waals surface area contributed by atoms with Crippen LogP contribution < -0.4 is 15.7 Å². The molecule has 1 aromatic heterocycles. The van der Waals surface area contributed by atoms with Crippen LogP contribution in [-0.4, -0.2) is 80.6 Å². The zero-order chi connectivity index (χ0) is 36.4. The summed E-state index contributed by atoms with van der Waals surface area (Å²) in [6, 6.07) is 6.47. The van der Waals surface area contributed by atoms with Crippen molar-refractivity contribution >= 4 is 28.5 Å². The van der Waals surface area contributed by atoms with E-state index in [9.17, 15) is 39.9 Å². The number of nitrogens with one attached hydrogen (secondary N) is 1. The van der Waals surface area contributed by atoms with E-state index in [1.165, 1.54) is 13.2 Å². The van der Waals surface area contributed by atoms with Gasteiger partial charge < -0.3 is 39.4 Å². The van der Waals surface area contributed by atoms with Crippen molar-refractivity contribution in [3.05, 3.63) is 46.3 Å². The summed E-state index contributed by atoms with van der Waals surface area (Å²) in [4.78, 5) is 38.4. The summed E-state index contributed by atoms with van der Waals surface area (Å²) in [7, 11) is 1.50. The largest absolute Gasteiger partial charge is 0.497 e. The molecule has 0 saturated heterocycles. The van der Waals surface area contributed by atoms with Gasteiger partial charge in [0.1, 0.15) is 17.0 Å². The number of benzene rings is 1. The quantitative estimate of drug-likeness (QED) is 0.207. The third-order valence-electron chi connectivity index (χ3n) is 13.1. The zero-order valence-electron chi connectivity index (χ0n) is 29.5.